The lowest BCUT2D eigenvalue weighted by atomic mass is 10.1. The van der Waals surface area contributed by atoms with Crippen LogP contribution >= 0.6 is 11.6 Å². The van der Waals surface area contributed by atoms with Crippen molar-refractivity contribution in [1.82, 2.24) is 10.5 Å². The Morgan fingerprint density at radius 2 is 1.92 bits per heavy atom. The van der Waals surface area contributed by atoms with Crippen LogP contribution in [0.2, 0.25) is 5.15 Å². The highest BCUT2D eigenvalue weighted by molar-refractivity contribution is 7.92. The summed E-state index contributed by atoms with van der Waals surface area (Å²) in [5.74, 6) is -0.529. The molecule has 8 nitrogen and oxygen atoms in total. The maximum absolute atomic E-state index is 12.1. The summed E-state index contributed by atoms with van der Waals surface area (Å²) in [6, 6.07) is 6.61. The van der Waals surface area contributed by atoms with Crippen LogP contribution in [-0.4, -0.2) is 32.7 Å². The molecular weight excluding hydrogens is 368 g/mol. The lowest BCUT2D eigenvalue weighted by Gasteiger charge is -2.16. The zero-order valence-electron chi connectivity index (χ0n) is 13.8. The second kappa shape index (κ2) is 7.68. The first-order valence-corrected chi connectivity index (χ1v) is 9.31. The summed E-state index contributed by atoms with van der Waals surface area (Å²) in [5, 5.41) is 3.17. The number of sulfonamides is 1. The molecule has 0 aliphatic rings. The van der Waals surface area contributed by atoms with Gasteiger partial charge in [-0.1, -0.05) is 17.7 Å². The summed E-state index contributed by atoms with van der Waals surface area (Å²) < 4.78 is 25.6. The van der Waals surface area contributed by atoms with Gasteiger partial charge in [-0.25, -0.2) is 18.9 Å². The number of hydrogen-bond donors (Lipinski definition) is 3. The first kappa shape index (κ1) is 19.0. The van der Waals surface area contributed by atoms with Crippen molar-refractivity contribution in [2.45, 2.75) is 6.92 Å². The Kier molecular flexibility index (Phi) is 5.83. The fraction of sp³-hybridized carbons (Fsp3) is 0.200. The van der Waals surface area contributed by atoms with E-state index >= 15 is 0 Å². The number of aryl methyl sites for hydroxylation is 1. The second-order valence-corrected chi connectivity index (χ2v) is 7.37. The van der Waals surface area contributed by atoms with E-state index in [0.717, 1.165) is 11.8 Å². The predicted octanol–water partition coefficient (Wildman–Crippen LogP) is 2.45. The van der Waals surface area contributed by atoms with E-state index in [1.807, 2.05) is 6.92 Å². The number of carbonyl (C=O) groups excluding carboxylic acids is 1. The van der Waals surface area contributed by atoms with Gasteiger partial charge in [-0.15, -0.1) is 0 Å². The number of nitrogens with zero attached hydrogens (tertiary/aromatic N) is 1. The van der Waals surface area contributed by atoms with E-state index in [4.69, 9.17) is 11.6 Å². The summed E-state index contributed by atoms with van der Waals surface area (Å²) in [5.41, 5.74) is 4.37. The van der Waals surface area contributed by atoms with Gasteiger partial charge < -0.3 is 5.32 Å². The van der Waals surface area contributed by atoms with Gasteiger partial charge in [-0.3, -0.25) is 14.4 Å². The molecule has 3 N–H and O–H groups in total. The number of carbonyl (C=O) groups is 1. The third-order valence-corrected chi connectivity index (χ3v) is 3.85. The summed E-state index contributed by atoms with van der Waals surface area (Å²) >= 11 is 5.91. The molecule has 0 fully saturated rings. The molecule has 1 amide bonds. The highest BCUT2D eigenvalue weighted by Gasteiger charge is 2.15. The van der Waals surface area contributed by atoms with Crippen molar-refractivity contribution in [2.24, 2.45) is 0 Å². The van der Waals surface area contributed by atoms with Gasteiger partial charge in [0.05, 0.1) is 36.0 Å². The molecule has 0 saturated heterocycles. The lowest BCUT2D eigenvalue weighted by Crippen LogP contribution is -2.23. The zero-order valence-corrected chi connectivity index (χ0v) is 15.3. The van der Waals surface area contributed by atoms with E-state index in [0.29, 0.717) is 17.1 Å². The first-order valence-electron chi connectivity index (χ1n) is 7.04. The first-order chi connectivity index (χ1) is 11.7. The molecule has 0 unspecified atom stereocenters. The van der Waals surface area contributed by atoms with Crippen LogP contribution in [0.3, 0.4) is 0 Å². The largest absolute Gasteiger partial charge is 0.353 e. The number of nitrogens with one attached hydrogen (secondary N) is 3. The van der Waals surface area contributed by atoms with Crippen LogP contribution in [-0.2, 0) is 14.9 Å². The minimum atomic E-state index is -3.48. The molecule has 0 radical (unpaired) electrons. The molecule has 0 saturated carbocycles. The van der Waals surface area contributed by atoms with Crippen molar-refractivity contribution in [1.29, 1.82) is 0 Å². The van der Waals surface area contributed by atoms with Crippen LogP contribution in [0.1, 0.15) is 15.9 Å². The number of hydroxylamine groups is 1. The van der Waals surface area contributed by atoms with E-state index < -0.39 is 15.9 Å². The second-order valence-electron chi connectivity index (χ2n) is 5.24. The van der Waals surface area contributed by atoms with Crippen LogP contribution < -0.4 is 15.5 Å². The molecule has 1 heterocycles. The minimum Gasteiger partial charge on any atom is -0.353 e. The van der Waals surface area contributed by atoms with Gasteiger partial charge in [0.15, 0.2) is 0 Å². The van der Waals surface area contributed by atoms with Gasteiger partial charge in [-0.2, -0.15) is 0 Å². The van der Waals surface area contributed by atoms with Crippen LogP contribution in [0.4, 0.5) is 17.1 Å². The maximum atomic E-state index is 12.1. The molecule has 0 aliphatic heterocycles. The van der Waals surface area contributed by atoms with E-state index in [2.05, 4.69) is 25.3 Å². The Bertz CT molecular complexity index is 902. The van der Waals surface area contributed by atoms with Crippen molar-refractivity contribution in [3.63, 3.8) is 0 Å². The number of anilines is 3. The highest BCUT2D eigenvalue weighted by atomic mass is 35.5. The third kappa shape index (κ3) is 5.31. The zero-order chi connectivity index (χ0) is 18.6. The van der Waals surface area contributed by atoms with Crippen molar-refractivity contribution >= 4 is 44.6 Å². The van der Waals surface area contributed by atoms with Gasteiger partial charge in [0.2, 0.25) is 10.0 Å². The number of rotatable bonds is 6. The van der Waals surface area contributed by atoms with Gasteiger partial charge in [0.1, 0.15) is 5.15 Å². The SMILES string of the molecule is CONC(=O)c1cnc(Cl)cc1Nc1ccc(C)cc1NS(C)(=O)=O. The van der Waals surface area contributed by atoms with Crippen LogP contribution in [0.25, 0.3) is 0 Å². The summed E-state index contributed by atoms with van der Waals surface area (Å²) in [6.45, 7) is 1.83. The summed E-state index contributed by atoms with van der Waals surface area (Å²) in [7, 11) is -2.17. The Balaban J connectivity index is 2.46. The van der Waals surface area contributed by atoms with Crippen LogP contribution in [0.5, 0.6) is 0 Å². The normalized spacial score (nSPS) is 11.0. The average Bonchev–Trinajstić information content (AvgIpc) is 2.49. The lowest BCUT2D eigenvalue weighted by molar-refractivity contribution is 0.0538. The molecule has 0 bridgehead atoms. The molecule has 10 heteroatoms. The number of benzene rings is 1. The van der Waals surface area contributed by atoms with Crippen LogP contribution in [0, 0.1) is 6.92 Å². The van der Waals surface area contributed by atoms with Crippen molar-refractivity contribution < 1.29 is 18.0 Å². The predicted molar refractivity (Wildman–Crippen MR) is 96.7 cm³/mol. The van der Waals surface area contributed by atoms with E-state index in [1.54, 1.807) is 18.2 Å². The van der Waals surface area contributed by atoms with Gasteiger partial charge in [0, 0.05) is 6.20 Å². The molecule has 1 aromatic carbocycles. The molecule has 1 aromatic heterocycles. The fourth-order valence-electron chi connectivity index (χ4n) is 2.06. The number of amides is 1. The quantitative estimate of drug-likeness (QED) is 0.521. The molecule has 2 aromatic rings. The van der Waals surface area contributed by atoms with Crippen molar-refractivity contribution in [2.75, 3.05) is 23.4 Å². The topological polar surface area (TPSA) is 109 Å². The van der Waals surface area contributed by atoms with E-state index in [9.17, 15) is 13.2 Å². The van der Waals surface area contributed by atoms with Gasteiger partial charge in [-0.05, 0) is 30.7 Å². The average molecular weight is 385 g/mol. The minimum absolute atomic E-state index is 0.168. The number of hydrogen-bond acceptors (Lipinski definition) is 6. The van der Waals surface area contributed by atoms with Crippen molar-refractivity contribution in [3.8, 4) is 0 Å². The molecule has 0 spiro atoms. The molecule has 0 aliphatic carbocycles. The van der Waals surface area contributed by atoms with E-state index in [-0.39, 0.29) is 10.7 Å². The Morgan fingerprint density at radius 1 is 1.20 bits per heavy atom. The maximum Gasteiger partial charge on any atom is 0.278 e. The highest BCUT2D eigenvalue weighted by Crippen LogP contribution is 2.30. The number of pyridine rings is 1. The molecule has 2 rings (SSSR count). The van der Waals surface area contributed by atoms with Crippen LogP contribution in [0.15, 0.2) is 30.5 Å². The fourth-order valence-corrected chi connectivity index (χ4v) is 2.78. The monoisotopic (exact) mass is 384 g/mol. The third-order valence-electron chi connectivity index (χ3n) is 3.05. The van der Waals surface area contributed by atoms with Crippen molar-refractivity contribution in [3.05, 3.63) is 46.7 Å². The number of halogens is 1. The summed E-state index contributed by atoms with van der Waals surface area (Å²) in [6.07, 6.45) is 2.34. The van der Waals surface area contributed by atoms with E-state index in [1.165, 1.54) is 19.4 Å². The summed E-state index contributed by atoms with van der Waals surface area (Å²) in [4.78, 5) is 20.6. The smallest absolute Gasteiger partial charge is 0.278 e. The molecular formula is C15H17ClN4O4S. The molecule has 134 valence electrons. The number of aromatic nitrogens is 1. The Morgan fingerprint density at radius 3 is 2.56 bits per heavy atom. The molecule has 25 heavy (non-hydrogen) atoms. The van der Waals surface area contributed by atoms with Gasteiger partial charge in [0.25, 0.3) is 5.91 Å². The standard InChI is InChI=1S/C15H17ClN4O4S/c1-9-4-5-11(13(6-9)20-25(3,22)23)18-12-7-14(16)17-8-10(12)15(21)19-24-2/h4-8,20H,1-3H3,(H,17,18)(H,19,21). The van der Waals surface area contributed by atoms with Gasteiger partial charge >= 0.3 is 0 Å². The Hall–Kier alpha value is -2.36. The Labute approximate surface area is 150 Å². The molecule has 0 atom stereocenters.